The van der Waals surface area contributed by atoms with Crippen LogP contribution < -0.4 is 14.8 Å². The van der Waals surface area contributed by atoms with E-state index >= 15 is 0 Å². The number of carbonyl (C=O) groups excluding carboxylic acids is 1. The molecule has 0 unspecified atom stereocenters. The van der Waals surface area contributed by atoms with Crippen molar-refractivity contribution in [1.29, 1.82) is 0 Å². The van der Waals surface area contributed by atoms with Gasteiger partial charge in [-0.25, -0.2) is 9.67 Å². The molecule has 0 atom stereocenters. The number of hydrogen-bond acceptors (Lipinski definition) is 7. The van der Waals surface area contributed by atoms with E-state index in [2.05, 4.69) is 20.6 Å². The third-order valence-corrected chi connectivity index (χ3v) is 5.51. The van der Waals surface area contributed by atoms with Gasteiger partial charge in [-0.1, -0.05) is 17.3 Å². The average Bonchev–Trinajstić information content (AvgIpc) is 3.46. The van der Waals surface area contributed by atoms with E-state index in [0.29, 0.717) is 16.6 Å². The van der Waals surface area contributed by atoms with Crippen LogP contribution in [0.15, 0.2) is 47.8 Å². The van der Waals surface area contributed by atoms with Crippen molar-refractivity contribution in [2.75, 3.05) is 12.1 Å². The van der Waals surface area contributed by atoms with E-state index in [1.54, 1.807) is 4.68 Å². The lowest BCUT2D eigenvalue weighted by Gasteiger charge is -2.04. The fourth-order valence-corrected chi connectivity index (χ4v) is 3.93. The number of ether oxygens (including phenoxy) is 2. The Morgan fingerprint density at radius 3 is 2.87 bits per heavy atom. The molecule has 3 heterocycles. The fraction of sp³-hybridized carbons (Fsp3) is 0.143. The summed E-state index contributed by atoms with van der Waals surface area (Å²) in [6, 6.07) is 13.5. The van der Waals surface area contributed by atoms with Crippen molar-refractivity contribution in [1.82, 2.24) is 20.0 Å². The zero-order valence-electron chi connectivity index (χ0n) is 16.2. The van der Waals surface area contributed by atoms with Gasteiger partial charge in [0.25, 0.3) is 5.91 Å². The van der Waals surface area contributed by atoms with E-state index in [0.717, 1.165) is 28.3 Å². The summed E-state index contributed by atoms with van der Waals surface area (Å²) in [5, 5.41) is 13.4. The first kappa shape index (κ1) is 18.3. The van der Waals surface area contributed by atoms with Crippen LogP contribution in [0.5, 0.6) is 11.5 Å². The van der Waals surface area contributed by atoms with E-state index in [1.165, 1.54) is 11.3 Å². The Hall–Kier alpha value is -3.72. The van der Waals surface area contributed by atoms with Crippen molar-refractivity contribution in [2.24, 2.45) is 0 Å². The van der Waals surface area contributed by atoms with Gasteiger partial charge in [-0.2, -0.15) is 0 Å². The number of carbonyl (C=O) groups is 1. The highest BCUT2D eigenvalue weighted by atomic mass is 32.1. The Balaban J connectivity index is 1.35. The van der Waals surface area contributed by atoms with Crippen molar-refractivity contribution in [3.05, 3.63) is 64.8 Å². The molecule has 4 aromatic rings. The first-order valence-corrected chi connectivity index (χ1v) is 10.1. The largest absolute Gasteiger partial charge is 0.454 e. The fourth-order valence-electron chi connectivity index (χ4n) is 3.22. The highest BCUT2D eigenvalue weighted by molar-refractivity contribution is 7.14. The van der Waals surface area contributed by atoms with Crippen molar-refractivity contribution in [2.45, 2.75) is 13.8 Å². The summed E-state index contributed by atoms with van der Waals surface area (Å²) >= 11 is 1.34. The quantitative estimate of drug-likeness (QED) is 0.538. The third kappa shape index (κ3) is 3.29. The second kappa shape index (κ2) is 7.27. The van der Waals surface area contributed by atoms with Gasteiger partial charge < -0.3 is 9.47 Å². The molecule has 0 saturated heterocycles. The number of thiazole rings is 1. The molecule has 0 aliphatic carbocycles. The van der Waals surface area contributed by atoms with Crippen molar-refractivity contribution < 1.29 is 14.3 Å². The molecule has 0 bridgehead atoms. The lowest BCUT2D eigenvalue weighted by molar-refractivity contribution is 0.102. The Morgan fingerprint density at radius 1 is 1.13 bits per heavy atom. The first-order chi connectivity index (χ1) is 14.6. The molecule has 1 N–H and O–H groups in total. The molecule has 1 amide bonds. The molecule has 30 heavy (non-hydrogen) atoms. The molecule has 9 heteroatoms. The first-order valence-electron chi connectivity index (χ1n) is 9.25. The lowest BCUT2D eigenvalue weighted by Crippen LogP contribution is -2.14. The number of anilines is 1. The molecule has 2 aromatic carbocycles. The van der Waals surface area contributed by atoms with E-state index in [-0.39, 0.29) is 18.4 Å². The minimum Gasteiger partial charge on any atom is -0.454 e. The number of aromatic nitrogens is 4. The minimum absolute atomic E-state index is 0.222. The van der Waals surface area contributed by atoms with E-state index in [1.807, 2.05) is 61.7 Å². The molecule has 0 saturated carbocycles. The Bertz CT molecular complexity index is 1260. The van der Waals surface area contributed by atoms with Gasteiger partial charge in [0.1, 0.15) is 0 Å². The van der Waals surface area contributed by atoms with Crippen molar-refractivity contribution in [3.63, 3.8) is 0 Å². The Labute approximate surface area is 176 Å². The number of benzene rings is 2. The third-order valence-electron chi connectivity index (χ3n) is 4.75. The van der Waals surface area contributed by atoms with Crippen molar-refractivity contribution >= 4 is 22.4 Å². The standard InChI is InChI=1S/C21H17N5O3S/c1-12-4-3-5-15(8-12)26-13(2)19(24-25-26)20(27)23-21-22-16(10-30-21)14-6-7-17-18(9-14)29-11-28-17/h3-10H,11H2,1-2H3,(H,22,23,27). The van der Waals surface area contributed by atoms with Crippen LogP contribution in [0.4, 0.5) is 5.13 Å². The zero-order valence-corrected chi connectivity index (χ0v) is 17.1. The van der Waals surface area contributed by atoms with Gasteiger partial charge in [0.05, 0.1) is 17.1 Å². The summed E-state index contributed by atoms with van der Waals surface area (Å²) in [5.41, 5.74) is 4.51. The number of fused-ring (bicyclic) bond motifs is 1. The SMILES string of the molecule is Cc1cccc(-n2nnc(C(=O)Nc3nc(-c4ccc5c(c4)OCO5)cs3)c2C)c1. The summed E-state index contributed by atoms with van der Waals surface area (Å²) < 4.78 is 12.4. The van der Waals surface area contributed by atoms with Crippen LogP contribution in [-0.4, -0.2) is 32.7 Å². The highest BCUT2D eigenvalue weighted by Gasteiger charge is 2.20. The van der Waals surface area contributed by atoms with Gasteiger partial charge in [-0.15, -0.1) is 16.4 Å². The molecule has 1 aliphatic rings. The monoisotopic (exact) mass is 419 g/mol. The molecule has 8 nitrogen and oxygen atoms in total. The number of hydrogen-bond donors (Lipinski definition) is 1. The van der Waals surface area contributed by atoms with Crippen LogP contribution in [0, 0.1) is 13.8 Å². The lowest BCUT2D eigenvalue weighted by atomic mass is 10.1. The van der Waals surface area contributed by atoms with Crippen LogP contribution in [-0.2, 0) is 0 Å². The summed E-state index contributed by atoms with van der Waals surface area (Å²) in [6.07, 6.45) is 0. The van der Waals surface area contributed by atoms with Crippen LogP contribution in [0.1, 0.15) is 21.7 Å². The van der Waals surface area contributed by atoms with Crippen LogP contribution in [0.25, 0.3) is 16.9 Å². The minimum atomic E-state index is -0.349. The summed E-state index contributed by atoms with van der Waals surface area (Å²) in [6.45, 7) is 4.04. The van der Waals surface area contributed by atoms with Gasteiger partial charge in [-0.05, 0) is 49.7 Å². The molecule has 0 spiro atoms. The van der Waals surface area contributed by atoms with Gasteiger partial charge in [0.15, 0.2) is 22.3 Å². The maximum Gasteiger partial charge on any atom is 0.279 e. The number of rotatable bonds is 4. The second-order valence-corrected chi connectivity index (χ2v) is 7.69. The molecule has 2 aromatic heterocycles. The summed E-state index contributed by atoms with van der Waals surface area (Å²) in [5.74, 6) is 1.06. The number of nitrogens with one attached hydrogen (secondary N) is 1. The van der Waals surface area contributed by atoms with Gasteiger partial charge >= 0.3 is 0 Å². The molecular formula is C21H17N5O3S. The number of nitrogens with zero attached hydrogens (tertiary/aromatic N) is 4. The predicted molar refractivity (Wildman–Crippen MR) is 112 cm³/mol. The van der Waals surface area contributed by atoms with Gasteiger partial charge in [-0.3, -0.25) is 10.1 Å². The van der Waals surface area contributed by atoms with Crippen molar-refractivity contribution in [3.8, 4) is 28.4 Å². The predicted octanol–water partition coefficient (Wildman–Crippen LogP) is 3.99. The molecule has 150 valence electrons. The average molecular weight is 419 g/mol. The van der Waals surface area contributed by atoms with E-state index in [4.69, 9.17) is 9.47 Å². The molecule has 1 aliphatic heterocycles. The molecule has 0 fully saturated rings. The summed E-state index contributed by atoms with van der Waals surface area (Å²) in [7, 11) is 0. The highest BCUT2D eigenvalue weighted by Crippen LogP contribution is 2.36. The Morgan fingerprint density at radius 2 is 2.00 bits per heavy atom. The Kier molecular flexibility index (Phi) is 4.44. The molecule has 5 rings (SSSR count). The van der Waals surface area contributed by atoms with Gasteiger partial charge in [0.2, 0.25) is 6.79 Å². The number of amides is 1. The molecular weight excluding hydrogens is 402 g/mol. The second-order valence-electron chi connectivity index (χ2n) is 6.83. The van der Waals surface area contributed by atoms with Crippen LogP contribution >= 0.6 is 11.3 Å². The topological polar surface area (TPSA) is 91.2 Å². The molecule has 0 radical (unpaired) electrons. The van der Waals surface area contributed by atoms with E-state index in [9.17, 15) is 4.79 Å². The maximum absolute atomic E-state index is 12.7. The number of aryl methyl sites for hydroxylation is 1. The smallest absolute Gasteiger partial charge is 0.279 e. The maximum atomic E-state index is 12.7. The summed E-state index contributed by atoms with van der Waals surface area (Å²) in [4.78, 5) is 17.3. The zero-order chi connectivity index (χ0) is 20.7. The van der Waals surface area contributed by atoms with E-state index < -0.39 is 0 Å². The van der Waals surface area contributed by atoms with Crippen LogP contribution in [0.3, 0.4) is 0 Å². The van der Waals surface area contributed by atoms with Gasteiger partial charge in [0, 0.05) is 10.9 Å². The normalized spacial score (nSPS) is 12.2. The van der Waals surface area contributed by atoms with Crippen LogP contribution in [0.2, 0.25) is 0 Å².